The van der Waals surface area contributed by atoms with Crippen molar-refractivity contribution in [2.45, 2.75) is 0 Å². The number of nitrogens with zero attached hydrogens (tertiary/aromatic N) is 3. The van der Waals surface area contributed by atoms with Gasteiger partial charge in [-0.2, -0.15) is 0 Å². The number of pyridine rings is 2. The van der Waals surface area contributed by atoms with Crippen LogP contribution in [0.3, 0.4) is 0 Å². The van der Waals surface area contributed by atoms with Crippen LogP contribution in [0, 0.1) is 0 Å². The average molecular weight is 287 g/mol. The second-order valence-electron chi connectivity index (χ2n) is 4.54. The van der Waals surface area contributed by atoms with E-state index in [4.69, 9.17) is 10.5 Å². The third-order valence-corrected chi connectivity index (χ3v) is 2.83. The Kier molecular flexibility index (Phi) is 4.22. The van der Waals surface area contributed by atoms with Crippen molar-refractivity contribution in [1.82, 2.24) is 9.97 Å². The second-order valence-corrected chi connectivity index (χ2v) is 4.54. The molecule has 7 nitrogen and oxygen atoms in total. The van der Waals surface area contributed by atoms with Gasteiger partial charge in [-0.3, -0.25) is 4.79 Å². The van der Waals surface area contributed by atoms with Crippen LogP contribution in [0.5, 0.6) is 5.88 Å². The van der Waals surface area contributed by atoms with Crippen LogP contribution in [0.4, 0.5) is 17.1 Å². The van der Waals surface area contributed by atoms with Crippen LogP contribution in [0.15, 0.2) is 30.6 Å². The Balaban J connectivity index is 2.34. The highest BCUT2D eigenvalue weighted by Crippen LogP contribution is 2.32. The number of ether oxygens (including phenoxy) is 1. The fraction of sp³-hybridized carbons (Fsp3) is 0.214. The van der Waals surface area contributed by atoms with Gasteiger partial charge in [-0.25, -0.2) is 9.97 Å². The topological polar surface area (TPSA) is 93.4 Å². The number of methoxy groups -OCH3 is 1. The second kappa shape index (κ2) is 6.08. The lowest BCUT2D eigenvalue weighted by atomic mass is 10.2. The predicted octanol–water partition coefficient (Wildman–Crippen LogP) is 1.39. The number of hydrogen-bond acceptors (Lipinski definition) is 6. The van der Waals surface area contributed by atoms with Crippen LogP contribution in [0.2, 0.25) is 0 Å². The van der Waals surface area contributed by atoms with Gasteiger partial charge < -0.3 is 20.7 Å². The van der Waals surface area contributed by atoms with E-state index in [1.165, 1.54) is 13.3 Å². The Morgan fingerprint density at radius 2 is 2.05 bits per heavy atom. The van der Waals surface area contributed by atoms with Gasteiger partial charge in [0.15, 0.2) is 0 Å². The van der Waals surface area contributed by atoms with Crippen molar-refractivity contribution >= 4 is 23.0 Å². The first-order valence-corrected chi connectivity index (χ1v) is 6.26. The lowest BCUT2D eigenvalue weighted by Gasteiger charge is -2.19. The Bertz CT molecular complexity index is 640. The van der Waals surface area contributed by atoms with Crippen molar-refractivity contribution in [3.8, 4) is 5.88 Å². The van der Waals surface area contributed by atoms with Crippen LogP contribution < -0.4 is 20.7 Å². The zero-order valence-corrected chi connectivity index (χ0v) is 12.1. The third-order valence-electron chi connectivity index (χ3n) is 2.83. The molecule has 2 aromatic heterocycles. The number of nitrogens with two attached hydrogens (primary N) is 1. The summed E-state index contributed by atoms with van der Waals surface area (Å²) < 4.78 is 5.20. The summed E-state index contributed by atoms with van der Waals surface area (Å²) in [6.45, 7) is 0. The van der Waals surface area contributed by atoms with Gasteiger partial charge in [0.05, 0.1) is 24.7 Å². The molecule has 1 amide bonds. The van der Waals surface area contributed by atoms with Gasteiger partial charge in [-0.05, 0) is 18.2 Å². The van der Waals surface area contributed by atoms with E-state index in [0.29, 0.717) is 17.3 Å². The summed E-state index contributed by atoms with van der Waals surface area (Å²) >= 11 is 0. The summed E-state index contributed by atoms with van der Waals surface area (Å²) in [6, 6.07) is 4.96. The SMILES string of the molecule is COc1nccc(N(C)C)c1NC(=O)c1ccc(N)cn1. The molecule has 0 aromatic carbocycles. The molecule has 0 unspecified atom stereocenters. The molecule has 0 radical (unpaired) electrons. The van der Waals surface area contributed by atoms with Crippen molar-refractivity contribution in [3.63, 3.8) is 0 Å². The highest BCUT2D eigenvalue weighted by Gasteiger charge is 2.16. The molecular weight excluding hydrogens is 270 g/mol. The molecule has 2 aromatic rings. The molecule has 0 aliphatic heterocycles. The monoisotopic (exact) mass is 287 g/mol. The lowest BCUT2D eigenvalue weighted by Crippen LogP contribution is -2.18. The Morgan fingerprint density at radius 1 is 1.29 bits per heavy atom. The van der Waals surface area contributed by atoms with Gasteiger partial charge in [0, 0.05) is 20.3 Å². The van der Waals surface area contributed by atoms with Crippen molar-refractivity contribution < 1.29 is 9.53 Å². The molecule has 2 rings (SSSR count). The van der Waals surface area contributed by atoms with E-state index >= 15 is 0 Å². The number of rotatable bonds is 4. The first-order valence-electron chi connectivity index (χ1n) is 6.26. The number of anilines is 3. The number of hydrogen-bond donors (Lipinski definition) is 2. The number of nitrogens with one attached hydrogen (secondary N) is 1. The van der Waals surface area contributed by atoms with Crippen LogP contribution in [0.25, 0.3) is 0 Å². The Labute approximate surface area is 122 Å². The molecule has 0 fully saturated rings. The van der Waals surface area contributed by atoms with Crippen molar-refractivity contribution in [2.24, 2.45) is 0 Å². The number of carbonyl (C=O) groups excluding carboxylic acids is 1. The molecule has 0 saturated carbocycles. The number of aromatic nitrogens is 2. The van der Waals surface area contributed by atoms with Gasteiger partial charge in [-0.1, -0.05) is 0 Å². The Hall–Kier alpha value is -2.83. The maximum atomic E-state index is 12.3. The summed E-state index contributed by atoms with van der Waals surface area (Å²) in [7, 11) is 5.23. The minimum absolute atomic E-state index is 0.264. The quantitative estimate of drug-likeness (QED) is 0.882. The summed E-state index contributed by atoms with van der Waals surface area (Å²) in [6.07, 6.45) is 3.05. The highest BCUT2D eigenvalue weighted by molar-refractivity contribution is 6.05. The molecule has 0 aliphatic carbocycles. The summed E-state index contributed by atoms with van der Waals surface area (Å²) in [4.78, 5) is 22.2. The van der Waals surface area contributed by atoms with E-state index in [1.807, 2.05) is 19.0 Å². The largest absolute Gasteiger partial charge is 0.479 e. The summed E-state index contributed by atoms with van der Waals surface area (Å²) in [5, 5.41) is 2.78. The molecule has 110 valence electrons. The zero-order valence-electron chi connectivity index (χ0n) is 12.1. The van der Waals surface area contributed by atoms with E-state index in [-0.39, 0.29) is 11.6 Å². The molecule has 0 spiro atoms. The van der Waals surface area contributed by atoms with E-state index in [0.717, 1.165) is 5.69 Å². The normalized spacial score (nSPS) is 10.0. The Morgan fingerprint density at radius 3 is 2.62 bits per heavy atom. The lowest BCUT2D eigenvalue weighted by molar-refractivity contribution is 0.102. The van der Waals surface area contributed by atoms with Crippen LogP contribution in [-0.2, 0) is 0 Å². The van der Waals surface area contributed by atoms with E-state index in [9.17, 15) is 4.79 Å². The van der Waals surface area contributed by atoms with Gasteiger partial charge in [0.2, 0.25) is 5.88 Å². The number of carbonyl (C=O) groups is 1. The van der Waals surface area contributed by atoms with E-state index in [2.05, 4.69) is 15.3 Å². The first-order chi connectivity index (χ1) is 10.0. The average Bonchev–Trinajstić information content (AvgIpc) is 2.47. The summed E-state index contributed by atoms with van der Waals surface area (Å²) in [5.41, 5.74) is 7.60. The highest BCUT2D eigenvalue weighted by atomic mass is 16.5. The number of nitrogen functional groups attached to an aromatic ring is 1. The standard InChI is InChI=1S/C14H17N5O2/c1-19(2)11-6-7-16-14(21-3)12(11)18-13(20)10-5-4-9(15)8-17-10/h4-8H,15H2,1-3H3,(H,18,20). The van der Waals surface area contributed by atoms with Gasteiger partial charge in [0.25, 0.3) is 5.91 Å². The van der Waals surface area contributed by atoms with Crippen LogP contribution >= 0.6 is 0 Å². The van der Waals surface area contributed by atoms with Gasteiger partial charge in [0.1, 0.15) is 11.4 Å². The predicted molar refractivity (Wildman–Crippen MR) is 81.7 cm³/mol. The van der Waals surface area contributed by atoms with Crippen LogP contribution in [-0.4, -0.2) is 37.1 Å². The van der Waals surface area contributed by atoms with E-state index in [1.54, 1.807) is 24.4 Å². The smallest absolute Gasteiger partial charge is 0.274 e. The third kappa shape index (κ3) is 3.19. The maximum Gasteiger partial charge on any atom is 0.274 e. The maximum absolute atomic E-state index is 12.3. The first kappa shape index (κ1) is 14.6. The fourth-order valence-electron chi connectivity index (χ4n) is 1.80. The minimum atomic E-state index is -0.357. The van der Waals surface area contributed by atoms with Gasteiger partial charge in [-0.15, -0.1) is 0 Å². The molecule has 0 saturated heterocycles. The van der Waals surface area contributed by atoms with Crippen molar-refractivity contribution in [1.29, 1.82) is 0 Å². The van der Waals surface area contributed by atoms with Gasteiger partial charge >= 0.3 is 0 Å². The molecule has 3 N–H and O–H groups in total. The zero-order chi connectivity index (χ0) is 15.4. The van der Waals surface area contributed by atoms with Crippen molar-refractivity contribution in [2.75, 3.05) is 37.2 Å². The fourth-order valence-corrected chi connectivity index (χ4v) is 1.80. The molecule has 0 atom stereocenters. The molecule has 0 bridgehead atoms. The van der Waals surface area contributed by atoms with Crippen molar-refractivity contribution in [3.05, 3.63) is 36.3 Å². The molecular formula is C14H17N5O2. The van der Waals surface area contributed by atoms with E-state index < -0.39 is 0 Å². The molecule has 21 heavy (non-hydrogen) atoms. The summed E-state index contributed by atoms with van der Waals surface area (Å²) in [5.74, 6) is -0.0191. The molecule has 2 heterocycles. The molecule has 0 aliphatic rings. The number of amides is 1. The minimum Gasteiger partial charge on any atom is -0.479 e. The molecule has 7 heteroatoms. The van der Waals surface area contributed by atoms with Crippen LogP contribution in [0.1, 0.15) is 10.5 Å².